The summed E-state index contributed by atoms with van der Waals surface area (Å²) < 4.78 is 0.872. The molecule has 7 nitrogen and oxygen atoms in total. The molecule has 2 aromatic carbocycles. The molecule has 160 valence electrons. The van der Waals surface area contributed by atoms with Gasteiger partial charge in [0.2, 0.25) is 5.91 Å². The molecule has 2 atom stereocenters. The topological polar surface area (TPSA) is 108 Å². The number of rotatable bonds is 7. The Labute approximate surface area is 184 Å². The van der Waals surface area contributed by atoms with E-state index in [9.17, 15) is 19.5 Å². The summed E-state index contributed by atoms with van der Waals surface area (Å²) in [6, 6.07) is 13.6. The quantitative estimate of drug-likeness (QED) is 0.488. The van der Waals surface area contributed by atoms with Gasteiger partial charge >= 0.3 is 12.0 Å². The number of aliphatic carboxylic acids is 1. The highest BCUT2D eigenvalue weighted by Crippen LogP contribution is 2.20. The van der Waals surface area contributed by atoms with Gasteiger partial charge in [-0.15, -0.1) is 0 Å². The van der Waals surface area contributed by atoms with Crippen molar-refractivity contribution in [1.82, 2.24) is 10.6 Å². The van der Waals surface area contributed by atoms with E-state index in [1.54, 1.807) is 45.0 Å². The predicted octanol–water partition coefficient (Wildman–Crippen LogP) is 3.80. The second-order valence-electron chi connectivity index (χ2n) is 7.99. The van der Waals surface area contributed by atoms with Crippen molar-refractivity contribution in [3.05, 3.63) is 64.6 Å². The molecule has 3 amide bonds. The maximum atomic E-state index is 12.9. The van der Waals surface area contributed by atoms with Crippen LogP contribution in [0, 0.1) is 5.41 Å². The fraction of sp³-hybridized carbons (Fsp3) is 0.318. The molecule has 0 aromatic heterocycles. The van der Waals surface area contributed by atoms with Crippen LogP contribution >= 0.6 is 15.9 Å². The van der Waals surface area contributed by atoms with Gasteiger partial charge in [-0.05, 0) is 35.2 Å². The van der Waals surface area contributed by atoms with E-state index < -0.39 is 35.4 Å². The second-order valence-corrected chi connectivity index (χ2v) is 8.91. The summed E-state index contributed by atoms with van der Waals surface area (Å²) in [6.45, 7) is 5.18. The molecule has 0 radical (unpaired) electrons. The lowest BCUT2D eigenvalue weighted by atomic mass is 9.86. The van der Waals surface area contributed by atoms with Gasteiger partial charge in [0.25, 0.3) is 0 Å². The zero-order valence-corrected chi connectivity index (χ0v) is 18.7. The number of carbonyl (C=O) groups excluding carboxylic acids is 2. The molecule has 2 aromatic rings. The number of hydrogen-bond donors (Lipinski definition) is 4. The molecule has 0 bridgehead atoms. The lowest BCUT2D eigenvalue weighted by Crippen LogP contribution is -2.56. The number of anilines is 1. The first-order valence-corrected chi connectivity index (χ1v) is 10.3. The first-order valence-electron chi connectivity index (χ1n) is 9.46. The third-order valence-corrected chi connectivity index (χ3v) is 4.93. The van der Waals surface area contributed by atoms with Crippen LogP contribution in [-0.4, -0.2) is 35.1 Å². The van der Waals surface area contributed by atoms with E-state index in [1.807, 2.05) is 30.3 Å². The molecule has 4 N–H and O–H groups in total. The Morgan fingerprint density at radius 1 is 0.967 bits per heavy atom. The van der Waals surface area contributed by atoms with Crippen molar-refractivity contribution in [3.8, 4) is 0 Å². The van der Waals surface area contributed by atoms with Crippen LogP contribution in [0.1, 0.15) is 26.3 Å². The highest BCUT2D eigenvalue weighted by molar-refractivity contribution is 9.10. The SMILES string of the molecule is CC(C)(C)C(NC(=O)[C@H](Cc1ccccc1)NC(=O)Nc1ccc(Br)cc1)C(=O)O. The Bertz CT molecular complexity index is 880. The molecule has 30 heavy (non-hydrogen) atoms. The largest absolute Gasteiger partial charge is 0.480 e. The van der Waals surface area contributed by atoms with Crippen LogP contribution in [0.25, 0.3) is 0 Å². The second kappa shape index (κ2) is 10.2. The number of urea groups is 1. The van der Waals surface area contributed by atoms with E-state index in [-0.39, 0.29) is 6.42 Å². The van der Waals surface area contributed by atoms with Crippen LogP contribution in [0.2, 0.25) is 0 Å². The summed E-state index contributed by atoms with van der Waals surface area (Å²) in [5, 5.41) is 17.4. The number of hydrogen-bond acceptors (Lipinski definition) is 3. The zero-order valence-electron chi connectivity index (χ0n) is 17.1. The lowest BCUT2D eigenvalue weighted by Gasteiger charge is -2.29. The number of halogens is 1. The number of carboxylic acid groups (broad SMARTS) is 1. The predicted molar refractivity (Wildman–Crippen MR) is 119 cm³/mol. The van der Waals surface area contributed by atoms with Gasteiger partial charge in [0.05, 0.1) is 0 Å². The number of carboxylic acids is 1. The minimum absolute atomic E-state index is 0.219. The minimum Gasteiger partial charge on any atom is -0.480 e. The summed E-state index contributed by atoms with van der Waals surface area (Å²) in [7, 11) is 0. The molecule has 0 fully saturated rings. The average molecular weight is 476 g/mol. The summed E-state index contributed by atoms with van der Waals surface area (Å²) in [5.74, 6) is -1.69. The fourth-order valence-corrected chi connectivity index (χ4v) is 3.07. The smallest absolute Gasteiger partial charge is 0.326 e. The maximum absolute atomic E-state index is 12.9. The summed E-state index contributed by atoms with van der Waals surface area (Å²) >= 11 is 3.33. The Morgan fingerprint density at radius 2 is 1.57 bits per heavy atom. The third-order valence-electron chi connectivity index (χ3n) is 4.41. The van der Waals surface area contributed by atoms with Crippen molar-refractivity contribution in [2.24, 2.45) is 5.41 Å². The van der Waals surface area contributed by atoms with Crippen LogP contribution in [0.5, 0.6) is 0 Å². The first-order chi connectivity index (χ1) is 14.1. The maximum Gasteiger partial charge on any atom is 0.326 e. The van der Waals surface area contributed by atoms with Gasteiger partial charge in [-0.2, -0.15) is 0 Å². The number of benzene rings is 2. The summed E-state index contributed by atoms with van der Waals surface area (Å²) in [4.78, 5) is 37.0. The molecule has 8 heteroatoms. The van der Waals surface area contributed by atoms with Gasteiger partial charge in [-0.3, -0.25) is 4.79 Å². The van der Waals surface area contributed by atoms with E-state index in [4.69, 9.17) is 0 Å². The molecule has 0 saturated carbocycles. The lowest BCUT2D eigenvalue weighted by molar-refractivity contribution is -0.145. The van der Waals surface area contributed by atoms with Crippen LogP contribution in [0.4, 0.5) is 10.5 Å². The van der Waals surface area contributed by atoms with E-state index in [1.165, 1.54) is 0 Å². The fourth-order valence-electron chi connectivity index (χ4n) is 2.81. The highest BCUT2D eigenvalue weighted by atomic mass is 79.9. The molecule has 0 aliphatic heterocycles. The molecular formula is C22H26BrN3O4. The number of carbonyl (C=O) groups is 3. The Morgan fingerprint density at radius 3 is 2.10 bits per heavy atom. The minimum atomic E-state index is -1.13. The van der Waals surface area contributed by atoms with Crippen molar-refractivity contribution in [2.75, 3.05) is 5.32 Å². The van der Waals surface area contributed by atoms with Gasteiger partial charge in [0.15, 0.2) is 0 Å². The van der Waals surface area contributed by atoms with Gasteiger partial charge < -0.3 is 21.1 Å². The Kier molecular flexibility index (Phi) is 8.00. The van der Waals surface area contributed by atoms with Crippen molar-refractivity contribution < 1.29 is 19.5 Å². The highest BCUT2D eigenvalue weighted by Gasteiger charge is 2.34. The molecular weight excluding hydrogens is 450 g/mol. The Balaban J connectivity index is 2.16. The molecule has 0 heterocycles. The van der Waals surface area contributed by atoms with Crippen LogP contribution in [0.3, 0.4) is 0 Å². The van der Waals surface area contributed by atoms with Gasteiger partial charge in [-0.25, -0.2) is 9.59 Å². The normalized spacial score (nSPS) is 13.1. The Hall–Kier alpha value is -2.87. The summed E-state index contributed by atoms with van der Waals surface area (Å²) in [6.07, 6.45) is 0.219. The van der Waals surface area contributed by atoms with Crippen LogP contribution < -0.4 is 16.0 Å². The van der Waals surface area contributed by atoms with Crippen molar-refractivity contribution in [1.29, 1.82) is 0 Å². The van der Waals surface area contributed by atoms with Crippen molar-refractivity contribution >= 4 is 39.5 Å². The van der Waals surface area contributed by atoms with E-state index in [0.717, 1.165) is 10.0 Å². The van der Waals surface area contributed by atoms with Crippen LogP contribution in [0.15, 0.2) is 59.1 Å². The monoisotopic (exact) mass is 475 g/mol. The van der Waals surface area contributed by atoms with Gasteiger partial charge in [-0.1, -0.05) is 67.0 Å². The third kappa shape index (κ3) is 7.18. The average Bonchev–Trinajstić information content (AvgIpc) is 2.67. The molecule has 0 aliphatic rings. The number of amides is 3. The van der Waals surface area contributed by atoms with Crippen molar-refractivity contribution in [3.63, 3.8) is 0 Å². The molecule has 0 spiro atoms. The van der Waals surface area contributed by atoms with Gasteiger partial charge in [0.1, 0.15) is 12.1 Å². The van der Waals surface area contributed by atoms with E-state index >= 15 is 0 Å². The van der Waals surface area contributed by atoms with E-state index in [2.05, 4.69) is 31.9 Å². The van der Waals surface area contributed by atoms with Gasteiger partial charge in [0, 0.05) is 16.6 Å². The van der Waals surface area contributed by atoms with Crippen LogP contribution in [-0.2, 0) is 16.0 Å². The number of nitrogens with one attached hydrogen (secondary N) is 3. The molecule has 0 aliphatic carbocycles. The molecule has 1 unspecified atom stereocenters. The summed E-state index contributed by atoms with van der Waals surface area (Å²) in [5.41, 5.74) is 0.704. The zero-order chi connectivity index (χ0) is 22.3. The molecule has 2 rings (SSSR count). The standard InChI is InChI=1S/C22H26BrN3O4/c1-22(2,3)18(20(28)29)26-19(27)17(13-14-7-5-4-6-8-14)25-21(30)24-16-11-9-15(23)10-12-16/h4-12,17-18H,13H2,1-3H3,(H,26,27)(H,28,29)(H2,24,25,30)/t17-,18?/m0/s1. The first kappa shape index (κ1) is 23.4. The van der Waals surface area contributed by atoms with E-state index in [0.29, 0.717) is 5.69 Å². The molecule has 0 saturated heterocycles. The van der Waals surface area contributed by atoms with Crippen molar-refractivity contribution in [2.45, 2.75) is 39.3 Å².